The van der Waals surface area contributed by atoms with Crippen molar-refractivity contribution in [1.29, 1.82) is 0 Å². The molecule has 0 aliphatic heterocycles. The fraction of sp³-hybridized carbons (Fsp3) is 0.562. The topological polar surface area (TPSA) is 81.5 Å². The second kappa shape index (κ2) is 4.69. The first-order valence-electron chi connectivity index (χ1n) is 7.73. The first-order valence-corrected chi connectivity index (χ1v) is 7.73. The zero-order chi connectivity index (χ0) is 15.4. The molecule has 116 valence electrons. The third-order valence-corrected chi connectivity index (χ3v) is 5.70. The third-order valence-electron chi connectivity index (χ3n) is 5.70. The number of ether oxygens (including phenoxy) is 1. The second-order valence-corrected chi connectivity index (χ2v) is 6.64. The molecule has 1 amide bonds. The van der Waals surface area contributed by atoms with Crippen molar-refractivity contribution < 1.29 is 14.5 Å². The largest absolute Gasteiger partial charge is 0.496 e. The molecule has 6 nitrogen and oxygen atoms in total. The Kier molecular flexibility index (Phi) is 2.89. The van der Waals surface area contributed by atoms with Crippen LogP contribution in [-0.4, -0.2) is 17.9 Å². The maximum Gasteiger partial charge on any atom is 0.296 e. The van der Waals surface area contributed by atoms with Gasteiger partial charge in [0.15, 0.2) is 0 Å². The Balaban J connectivity index is 1.52. The summed E-state index contributed by atoms with van der Waals surface area (Å²) in [6, 6.07) is 4.51. The minimum Gasteiger partial charge on any atom is -0.496 e. The molecule has 6 heteroatoms. The van der Waals surface area contributed by atoms with E-state index in [9.17, 15) is 14.9 Å². The van der Waals surface area contributed by atoms with E-state index < -0.39 is 4.92 Å². The van der Waals surface area contributed by atoms with E-state index in [1.807, 2.05) is 0 Å². The molecule has 0 unspecified atom stereocenters. The average molecular weight is 302 g/mol. The average Bonchev–Trinajstić information content (AvgIpc) is 2.96. The van der Waals surface area contributed by atoms with Crippen LogP contribution < -0.4 is 10.1 Å². The number of carbonyl (C=O) groups is 1. The Hall–Kier alpha value is -2.11. The molecule has 0 radical (unpaired) electrons. The standard InChI is InChI=1S/C16H18N2O4/c1-22-10-4-5-11(12(7-10)18(20)21)17-16(19)15-13-8-2-3-9(6-8)14(13)15/h4-5,7-9,13-15H,2-3,6H2,1H3,(H,17,19)/t8-,9-,13+,14+/m1/s1. The van der Waals surface area contributed by atoms with Crippen molar-refractivity contribution in [3.63, 3.8) is 0 Å². The number of anilines is 1. The van der Waals surface area contributed by atoms with Gasteiger partial charge in [0.25, 0.3) is 5.69 Å². The van der Waals surface area contributed by atoms with Gasteiger partial charge in [0.1, 0.15) is 11.4 Å². The molecule has 3 aliphatic carbocycles. The number of nitro groups is 1. The highest BCUT2D eigenvalue weighted by Crippen LogP contribution is 2.69. The second-order valence-electron chi connectivity index (χ2n) is 6.64. The number of nitrogens with one attached hydrogen (secondary N) is 1. The van der Waals surface area contributed by atoms with E-state index in [1.54, 1.807) is 12.1 Å². The van der Waals surface area contributed by atoms with Crippen LogP contribution in [0.1, 0.15) is 19.3 Å². The van der Waals surface area contributed by atoms with Gasteiger partial charge in [-0.3, -0.25) is 14.9 Å². The lowest BCUT2D eigenvalue weighted by Crippen LogP contribution is -2.19. The number of nitrogens with zero attached hydrogens (tertiary/aromatic N) is 1. The Morgan fingerprint density at radius 2 is 2.00 bits per heavy atom. The summed E-state index contributed by atoms with van der Waals surface area (Å²) in [5, 5.41) is 13.9. The first-order chi connectivity index (χ1) is 10.6. The van der Waals surface area contributed by atoms with Gasteiger partial charge in [-0.1, -0.05) is 0 Å². The maximum absolute atomic E-state index is 12.5. The summed E-state index contributed by atoms with van der Waals surface area (Å²) >= 11 is 0. The Morgan fingerprint density at radius 1 is 1.32 bits per heavy atom. The van der Waals surface area contributed by atoms with Crippen molar-refractivity contribution in [2.24, 2.45) is 29.6 Å². The van der Waals surface area contributed by atoms with Crippen LogP contribution in [0.3, 0.4) is 0 Å². The monoisotopic (exact) mass is 302 g/mol. The molecule has 0 heterocycles. The van der Waals surface area contributed by atoms with Gasteiger partial charge in [-0.25, -0.2) is 0 Å². The minimum atomic E-state index is -0.491. The molecule has 0 saturated heterocycles. The van der Waals surface area contributed by atoms with Crippen molar-refractivity contribution in [1.82, 2.24) is 0 Å². The van der Waals surface area contributed by atoms with Gasteiger partial charge in [-0.2, -0.15) is 0 Å². The lowest BCUT2D eigenvalue weighted by atomic mass is 10.0. The number of carbonyl (C=O) groups excluding carboxylic acids is 1. The van der Waals surface area contributed by atoms with E-state index in [4.69, 9.17) is 4.74 Å². The number of fused-ring (bicyclic) bond motifs is 5. The van der Waals surface area contributed by atoms with Crippen LogP contribution >= 0.6 is 0 Å². The number of amides is 1. The fourth-order valence-corrected chi connectivity index (χ4v) is 4.79. The molecule has 1 N–H and O–H groups in total. The lowest BCUT2D eigenvalue weighted by Gasteiger charge is -2.10. The number of methoxy groups -OCH3 is 1. The molecule has 0 aromatic heterocycles. The third kappa shape index (κ3) is 1.90. The SMILES string of the molecule is COc1ccc(NC(=O)C2[C@H]3[C@@H]4CC[C@H](C4)[C@H]23)c([N+](=O)[O-])c1. The van der Waals surface area contributed by atoms with E-state index >= 15 is 0 Å². The molecule has 4 atom stereocenters. The summed E-state index contributed by atoms with van der Waals surface area (Å²) in [5.74, 6) is 2.87. The first kappa shape index (κ1) is 13.5. The van der Waals surface area contributed by atoms with Crippen molar-refractivity contribution >= 4 is 17.3 Å². The highest BCUT2D eigenvalue weighted by atomic mass is 16.6. The molecular formula is C16H18N2O4. The van der Waals surface area contributed by atoms with Crippen molar-refractivity contribution in [2.75, 3.05) is 12.4 Å². The number of benzene rings is 1. The summed E-state index contributed by atoms with van der Waals surface area (Å²) in [6.07, 6.45) is 3.78. The molecule has 3 saturated carbocycles. The Bertz CT molecular complexity index is 644. The highest BCUT2D eigenvalue weighted by molar-refractivity contribution is 5.97. The molecular weight excluding hydrogens is 284 g/mol. The fourth-order valence-electron chi connectivity index (χ4n) is 4.79. The van der Waals surface area contributed by atoms with Crippen molar-refractivity contribution in [2.45, 2.75) is 19.3 Å². The van der Waals surface area contributed by atoms with Crippen LogP contribution in [0.4, 0.5) is 11.4 Å². The number of nitro benzene ring substituents is 1. The normalized spacial score (nSPS) is 34.1. The van der Waals surface area contributed by atoms with E-state index in [1.165, 1.54) is 32.4 Å². The summed E-state index contributed by atoms with van der Waals surface area (Å²) < 4.78 is 5.00. The summed E-state index contributed by atoms with van der Waals surface area (Å²) in [6.45, 7) is 0. The molecule has 3 aliphatic rings. The van der Waals surface area contributed by atoms with E-state index in [2.05, 4.69) is 5.32 Å². The van der Waals surface area contributed by atoms with Gasteiger partial charge in [0.05, 0.1) is 18.1 Å². The molecule has 0 spiro atoms. The number of rotatable bonds is 4. The van der Waals surface area contributed by atoms with E-state index in [-0.39, 0.29) is 23.2 Å². The van der Waals surface area contributed by atoms with Crippen LogP contribution in [0, 0.1) is 39.7 Å². The maximum atomic E-state index is 12.5. The molecule has 3 fully saturated rings. The number of hydrogen-bond acceptors (Lipinski definition) is 4. The van der Waals surface area contributed by atoms with Gasteiger partial charge in [0, 0.05) is 5.92 Å². The van der Waals surface area contributed by atoms with Crippen LogP contribution in [0.2, 0.25) is 0 Å². The summed E-state index contributed by atoms with van der Waals surface area (Å²) in [7, 11) is 1.46. The molecule has 4 rings (SSSR count). The Labute approximate surface area is 128 Å². The van der Waals surface area contributed by atoms with Crippen molar-refractivity contribution in [3.05, 3.63) is 28.3 Å². The minimum absolute atomic E-state index is 0.0557. The smallest absolute Gasteiger partial charge is 0.296 e. The lowest BCUT2D eigenvalue weighted by molar-refractivity contribution is -0.384. The van der Waals surface area contributed by atoms with Gasteiger partial charge >= 0.3 is 0 Å². The predicted molar refractivity (Wildman–Crippen MR) is 79.6 cm³/mol. The van der Waals surface area contributed by atoms with Gasteiger partial charge in [-0.15, -0.1) is 0 Å². The van der Waals surface area contributed by atoms with Crippen LogP contribution in [0.25, 0.3) is 0 Å². The van der Waals surface area contributed by atoms with Gasteiger partial charge in [0.2, 0.25) is 5.91 Å². The quantitative estimate of drug-likeness (QED) is 0.685. The molecule has 1 aromatic rings. The van der Waals surface area contributed by atoms with E-state index in [0.29, 0.717) is 29.4 Å². The predicted octanol–water partition coefficient (Wildman–Crippen LogP) is 2.83. The van der Waals surface area contributed by atoms with E-state index in [0.717, 1.165) is 0 Å². The zero-order valence-corrected chi connectivity index (χ0v) is 12.3. The molecule has 2 bridgehead atoms. The summed E-state index contributed by atoms with van der Waals surface area (Å²) in [4.78, 5) is 23.1. The number of hydrogen-bond donors (Lipinski definition) is 1. The molecule has 1 aromatic carbocycles. The van der Waals surface area contributed by atoms with Crippen molar-refractivity contribution in [3.8, 4) is 5.75 Å². The zero-order valence-electron chi connectivity index (χ0n) is 12.3. The molecule has 22 heavy (non-hydrogen) atoms. The van der Waals surface area contributed by atoms with Crippen LogP contribution in [-0.2, 0) is 4.79 Å². The Morgan fingerprint density at radius 3 is 2.59 bits per heavy atom. The van der Waals surface area contributed by atoms with Gasteiger partial charge in [-0.05, 0) is 55.1 Å². The highest BCUT2D eigenvalue weighted by Gasteiger charge is 2.67. The van der Waals surface area contributed by atoms with Gasteiger partial charge < -0.3 is 10.1 Å². The van der Waals surface area contributed by atoms with Crippen LogP contribution in [0.15, 0.2) is 18.2 Å². The summed E-state index contributed by atoms with van der Waals surface area (Å²) in [5.41, 5.74) is 0.134. The van der Waals surface area contributed by atoms with Crippen LogP contribution in [0.5, 0.6) is 5.75 Å².